The average molecular weight is 370 g/mol. The first-order valence-electron chi connectivity index (χ1n) is 6.59. The van der Waals surface area contributed by atoms with E-state index in [9.17, 15) is 0 Å². The number of hydrazine groups is 1. The van der Waals surface area contributed by atoms with Crippen molar-refractivity contribution in [1.82, 2.24) is 5.43 Å². The van der Waals surface area contributed by atoms with Crippen LogP contribution in [-0.4, -0.2) is 7.11 Å². The van der Waals surface area contributed by atoms with E-state index in [1.807, 2.05) is 37.3 Å². The Morgan fingerprint density at radius 2 is 2.05 bits per heavy atom. The summed E-state index contributed by atoms with van der Waals surface area (Å²) in [4.78, 5) is 0. The molecule has 21 heavy (non-hydrogen) atoms. The highest BCUT2D eigenvalue weighted by atomic mass is 79.9. The summed E-state index contributed by atoms with van der Waals surface area (Å²) in [6.07, 6.45) is 0.703. The van der Waals surface area contributed by atoms with E-state index < -0.39 is 0 Å². The molecule has 3 nitrogen and oxygen atoms in total. The second-order valence-corrected chi connectivity index (χ2v) is 6.21. The van der Waals surface area contributed by atoms with Crippen molar-refractivity contribution in [3.8, 4) is 5.75 Å². The first-order valence-corrected chi connectivity index (χ1v) is 7.77. The van der Waals surface area contributed by atoms with Gasteiger partial charge in [0.05, 0.1) is 13.2 Å². The van der Waals surface area contributed by atoms with Gasteiger partial charge in [0.1, 0.15) is 5.75 Å². The number of nitrogens with two attached hydrogens (primary N) is 1. The maximum absolute atomic E-state index is 6.28. The smallest absolute Gasteiger partial charge is 0.122 e. The fourth-order valence-corrected chi connectivity index (χ4v) is 2.98. The molecule has 112 valence electrons. The number of hydrogen-bond donors (Lipinski definition) is 2. The largest absolute Gasteiger partial charge is 0.496 e. The number of methoxy groups -OCH3 is 1. The van der Waals surface area contributed by atoms with Crippen molar-refractivity contribution in [2.45, 2.75) is 19.4 Å². The number of benzene rings is 2. The van der Waals surface area contributed by atoms with Crippen molar-refractivity contribution in [2.75, 3.05) is 7.11 Å². The third kappa shape index (κ3) is 3.98. The van der Waals surface area contributed by atoms with Gasteiger partial charge in [0.25, 0.3) is 0 Å². The van der Waals surface area contributed by atoms with Crippen LogP contribution in [0.5, 0.6) is 5.75 Å². The van der Waals surface area contributed by atoms with Gasteiger partial charge in [-0.25, -0.2) is 0 Å². The van der Waals surface area contributed by atoms with Gasteiger partial charge < -0.3 is 4.74 Å². The Kier molecular flexibility index (Phi) is 5.65. The van der Waals surface area contributed by atoms with Gasteiger partial charge in [-0.1, -0.05) is 45.7 Å². The number of rotatable bonds is 5. The van der Waals surface area contributed by atoms with Gasteiger partial charge in [0.15, 0.2) is 0 Å². The Morgan fingerprint density at radius 3 is 2.67 bits per heavy atom. The molecule has 0 saturated carbocycles. The molecule has 0 amide bonds. The van der Waals surface area contributed by atoms with Gasteiger partial charge in [0, 0.05) is 9.50 Å². The fourth-order valence-electron chi connectivity index (χ4n) is 2.23. The Labute approximate surface area is 138 Å². The number of nitrogens with one attached hydrogen (secondary N) is 1. The molecule has 0 aliphatic heterocycles. The molecule has 0 aromatic heterocycles. The van der Waals surface area contributed by atoms with Crippen LogP contribution < -0.4 is 16.0 Å². The number of halogens is 2. The van der Waals surface area contributed by atoms with Crippen LogP contribution in [0.3, 0.4) is 0 Å². The van der Waals surface area contributed by atoms with Crippen molar-refractivity contribution in [2.24, 2.45) is 5.84 Å². The fraction of sp³-hybridized carbons (Fsp3) is 0.250. The first kappa shape index (κ1) is 16.3. The molecule has 0 aliphatic rings. The lowest BCUT2D eigenvalue weighted by atomic mass is 9.98. The summed E-state index contributed by atoms with van der Waals surface area (Å²) in [5.74, 6) is 6.58. The minimum Gasteiger partial charge on any atom is -0.496 e. The van der Waals surface area contributed by atoms with Crippen LogP contribution in [0.1, 0.15) is 22.7 Å². The Hall–Kier alpha value is -1.07. The average Bonchev–Trinajstić information content (AvgIpc) is 2.47. The summed E-state index contributed by atoms with van der Waals surface area (Å²) in [5.41, 5.74) is 6.06. The van der Waals surface area contributed by atoms with Crippen LogP contribution in [0, 0.1) is 6.92 Å². The molecular weight excluding hydrogens is 352 g/mol. The monoisotopic (exact) mass is 368 g/mol. The SMILES string of the molecule is COc1cc(C(Cc2ccc(Br)cc2Cl)NN)ccc1C. The molecule has 0 radical (unpaired) electrons. The zero-order valence-corrected chi connectivity index (χ0v) is 14.3. The van der Waals surface area contributed by atoms with Crippen LogP contribution in [0.15, 0.2) is 40.9 Å². The molecule has 2 aromatic carbocycles. The predicted molar refractivity (Wildman–Crippen MR) is 90.7 cm³/mol. The highest BCUT2D eigenvalue weighted by Crippen LogP contribution is 2.28. The van der Waals surface area contributed by atoms with E-state index in [1.165, 1.54) is 0 Å². The maximum atomic E-state index is 6.28. The molecular formula is C16H18BrClN2O. The molecule has 0 aliphatic carbocycles. The molecule has 5 heteroatoms. The normalized spacial score (nSPS) is 12.2. The Bertz CT molecular complexity index is 634. The number of hydrogen-bond acceptors (Lipinski definition) is 3. The lowest BCUT2D eigenvalue weighted by molar-refractivity contribution is 0.410. The minimum absolute atomic E-state index is 0.0295. The zero-order valence-electron chi connectivity index (χ0n) is 12.0. The van der Waals surface area contributed by atoms with Gasteiger partial charge in [0.2, 0.25) is 0 Å². The number of ether oxygens (including phenoxy) is 1. The molecule has 3 N–H and O–H groups in total. The van der Waals surface area contributed by atoms with Gasteiger partial charge in [-0.2, -0.15) is 0 Å². The van der Waals surface area contributed by atoms with Crippen LogP contribution in [0.4, 0.5) is 0 Å². The van der Waals surface area contributed by atoms with E-state index in [0.717, 1.165) is 31.9 Å². The van der Waals surface area contributed by atoms with E-state index in [2.05, 4.69) is 27.4 Å². The summed E-state index contributed by atoms with van der Waals surface area (Å²) in [7, 11) is 1.67. The molecule has 0 spiro atoms. The summed E-state index contributed by atoms with van der Waals surface area (Å²) in [6.45, 7) is 2.01. The van der Waals surface area contributed by atoms with Gasteiger partial charge in [-0.15, -0.1) is 0 Å². The van der Waals surface area contributed by atoms with Crippen LogP contribution >= 0.6 is 27.5 Å². The van der Waals surface area contributed by atoms with Gasteiger partial charge in [-0.05, 0) is 48.2 Å². The standard InChI is InChI=1S/C16H18BrClN2O/c1-10-3-4-12(8-16(10)21-2)15(20-19)7-11-5-6-13(17)9-14(11)18/h3-6,8-9,15,20H,7,19H2,1-2H3. The lowest BCUT2D eigenvalue weighted by Crippen LogP contribution is -2.29. The van der Waals surface area contributed by atoms with Crippen molar-refractivity contribution >= 4 is 27.5 Å². The van der Waals surface area contributed by atoms with Crippen molar-refractivity contribution in [3.63, 3.8) is 0 Å². The van der Waals surface area contributed by atoms with Crippen molar-refractivity contribution < 1.29 is 4.74 Å². The molecule has 0 fully saturated rings. The highest BCUT2D eigenvalue weighted by molar-refractivity contribution is 9.10. The zero-order chi connectivity index (χ0) is 15.4. The second-order valence-electron chi connectivity index (χ2n) is 4.89. The quantitative estimate of drug-likeness (QED) is 0.614. The first-order chi connectivity index (χ1) is 10.0. The van der Waals surface area contributed by atoms with E-state index >= 15 is 0 Å². The van der Waals surface area contributed by atoms with Gasteiger partial charge in [-0.3, -0.25) is 11.3 Å². The van der Waals surface area contributed by atoms with E-state index in [4.69, 9.17) is 22.2 Å². The summed E-state index contributed by atoms with van der Waals surface area (Å²) < 4.78 is 6.33. The molecule has 2 aromatic rings. The summed E-state index contributed by atoms with van der Waals surface area (Å²) in [6, 6.07) is 11.9. The molecule has 0 bridgehead atoms. The predicted octanol–water partition coefficient (Wildman–Crippen LogP) is 4.17. The highest BCUT2D eigenvalue weighted by Gasteiger charge is 2.14. The van der Waals surface area contributed by atoms with Crippen molar-refractivity contribution in [3.05, 3.63) is 62.6 Å². The van der Waals surface area contributed by atoms with Crippen LogP contribution in [0.2, 0.25) is 5.02 Å². The number of aryl methyl sites for hydroxylation is 1. The molecule has 0 saturated heterocycles. The molecule has 1 unspecified atom stereocenters. The Balaban J connectivity index is 2.27. The summed E-state index contributed by atoms with van der Waals surface area (Å²) in [5, 5.41) is 0.726. The van der Waals surface area contributed by atoms with Crippen molar-refractivity contribution in [1.29, 1.82) is 0 Å². The second kappa shape index (κ2) is 7.27. The Morgan fingerprint density at radius 1 is 1.29 bits per heavy atom. The maximum Gasteiger partial charge on any atom is 0.122 e. The third-order valence-corrected chi connectivity index (χ3v) is 4.32. The molecule has 1 atom stereocenters. The topological polar surface area (TPSA) is 47.3 Å². The van der Waals surface area contributed by atoms with Crippen LogP contribution in [0.25, 0.3) is 0 Å². The minimum atomic E-state index is -0.0295. The van der Waals surface area contributed by atoms with Gasteiger partial charge >= 0.3 is 0 Å². The van der Waals surface area contributed by atoms with E-state index in [1.54, 1.807) is 7.11 Å². The molecule has 2 rings (SSSR count). The summed E-state index contributed by atoms with van der Waals surface area (Å²) >= 11 is 9.69. The van der Waals surface area contributed by atoms with Crippen LogP contribution in [-0.2, 0) is 6.42 Å². The van der Waals surface area contributed by atoms with E-state index in [0.29, 0.717) is 6.42 Å². The van der Waals surface area contributed by atoms with E-state index in [-0.39, 0.29) is 6.04 Å². The molecule has 0 heterocycles. The third-order valence-electron chi connectivity index (χ3n) is 3.47. The lowest BCUT2D eigenvalue weighted by Gasteiger charge is -2.19.